The van der Waals surface area contributed by atoms with Crippen LogP contribution in [0.4, 0.5) is 0 Å². The molecule has 3 nitrogen and oxygen atoms in total. The van der Waals surface area contributed by atoms with Crippen molar-refractivity contribution in [2.75, 3.05) is 37.8 Å². The van der Waals surface area contributed by atoms with Crippen molar-refractivity contribution >= 4 is 11.8 Å². The molecule has 1 N–H and O–H groups in total. The highest BCUT2D eigenvalue weighted by Gasteiger charge is 2.14. The first-order valence-corrected chi connectivity index (χ1v) is 8.24. The molecule has 2 aliphatic rings. The number of benzene rings is 1. The van der Waals surface area contributed by atoms with E-state index in [9.17, 15) is 0 Å². The third-order valence-corrected chi connectivity index (χ3v) is 4.89. The van der Waals surface area contributed by atoms with Crippen LogP contribution in [-0.4, -0.2) is 37.8 Å². The first-order chi connectivity index (χ1) is 9.42. The fourth-order valence-corrected chi connectivity index (χ4v) is 3.81. The van der Waals surface area contributed by atoms with Gasteiger partial charge in [-0.3, -0.25) is 0 Å². The summed E-state index contributed by atoms with van der Waals surface area (Å²) in [6.07, 6.45) is 2.43. The topological polar surface area (TPSA) is 30.5 Å². The summed E-state index contributed by atoms with van der Waals surface area (Å²) < 4.78 is 11.1. The summed E-state index contributed by atoms with van der Waals surface area (Å²) in [6, 6.07) is 6.28. The molecule has 0 radical (unpaired) electrons. The Balaban J connectivity index is 1.44. The Morgan fingerprint density at radius 2 is 2.11 bits per heavy atom. The van der Waals surface area contributed by atoms with E-state index in [1.165, 1.54) is 23.5 Å². The van der Waals surface area contributed by atoms with Gasteiger partial charge in [-0.15, -0.1) is 0 Å². The number of thioether (sulfide) groups is 1. The van der Waals surface area contributed by atoms with Gasteiger partial charge in [0.2, 0.25) is 0 Å². The fraction of sp³-hybridized carbons (Fsp3) is 0.600. The minimum Gasteiger partial charge on any atom is -0.486 e. The third-order valence-electron chi connectivity index (χ3n) is 3.65. The van der Waals surface area contributed by atoms with Gasteiger partial charge in [-0.05, 0) is 61.1 Å². The van der Waals surface area contributed by atoms with Crippen LogP contribution in [0.2, 0.25) is 0 Å². The zero-order valence-electron chi connectivity index (χ0n) is 11.2. The first-order valence-electron chi connectivity index (χ1n) is 7.09. The predicted molar refractivity (Wildman–Crippen MR) is 79.4 cm³/mol. The van der Waals surface area contributed by atoms with Crippen LogP contribution in [0.25, 0.3) is 0 Å². The lowest BCUT2D eigenvalue weighted by Crippen LogP contribution is -2.24. The van der Waals surface area contributed by atoms with Gasteiger partial charge in [-0.1, -0.05) is 6.07 Å². The standard InChI is InChI=1S/C15H21NO2S/c1-2-14-15(18-7-6-17-14)9-12(1)3-5-16-10-13-4-8-19-11-13/h1-2,9,13,16H,3-8,10-11H2. The van der Waals surface area contributed by atoms with Crippen molar-refractivity contribution in [1.29, 1.82) is 0 Å². The van der Waals surface area contributed by atoms with Gasteiger partial charge in [0.15, 0.2) is 11.5 Å². The highest BCUT2D eigenvalue weighted by atomic mass is 32.2. The Labute approximate surface area is 119 Å². The zero-order valence-corrected chi connectivity index (χ0v) is 12.0. The summed E-state index contributed by atoms with van der Waals surface area (Å²) in [6.45, 7) is 3.53. The molecule has 1 unspecified atom stereocenters. The van der Waals surface area contributed by atoms with Crippen LogP contribution in [0.15, 0.2) is 18.2 Å². The first kappa shape index (κ1) is 13.1. The van der Waals surface area contributed by atoms with E-state index in [0.29, 0.717) is 13.2 Å². The normalized spacial score (nSPS) is 21.6. The maximum absolute atomic E-state index is 5.60. The zero-order chi connectivity index (χ0) is 12.9. The molecule has 1 aromatic rings. The molecule has 4 heteroatoms. The number of hydrogen-bond acceptors (Lipinski definition) is 4. The van der Waals surface area contributed by atoms with Crippen molar-refractivity contribution in [1.82, 2.24) is 5.32 Å². The lowest BCUT2D eigenvalue weighted by Gasteiger charge is -2.19. The molecular weight excluding hydrogens is 258 g/mol. The molecule has 2 aliphatic heterocycles. The Bertz CT molecular complexity index is 419. The van der Waals surface area contributed by atoms with E-state index >= 15 is 0 Å². The Kier molecular flexibility index (Phi) is 4.51. The van der Waals surface area contributed by atoms with Crippen LogP contribution >= 0.6 is 11.8 Å². The highest BCUT2D eigenvalue weighted by molar-refractivity contribution is 7.99. The fourth-order valence-electron chi connectivity index (χ4n) is 2.53. The average Bonchev–Trinajstić information content (AvgIpc) is 2.97. The summed E-state index contributed by atoms with van der Waals surface area (Å²) >= 11 is 2.08. The summed E-state index contributed by atoms with van der Waals surface area (Å²) in [5.74, 6) is 5.33. The van der Waals surface area contributed by atoms with Gasteiger partial charge >= 0.3 is 0 Å². The largest absolute Gasteiger partial charge is 0.486 e. The Morgan fingerprint density at radius 1 is 1.21 bits per heavy atom. The highest BCUT2D eigenvalue weighted by Crippen LogP contribution is 2.30. The lowest BCUT2D eigenvalue weighted by molar-refractivity contribution is 0.171. The van der Waals surface area contributed by atoms with Crippen LogP contribution in [0.5, 0.6) is 11.5 Å². The summed E-state index contributed by atoms with van der Waals surface area (Å²) in [5.41, 5.74) is 1.32. The molecule has 1 aromatic carbocycles. The van der Waals surface area contributed by atoms with E-state index in [4.69, 9.17) is 9.47 Å². The quantitative estimate of drug-likeness (QED) is 0.838. The average molecular weight is 279 g/mol. The van der Waals surface area contributed by atoms with E-state index in [1.54, 1.807) is 0 Å². The van der Waals surface area contributed by atoms with E-state index in [2.05, 4.69) is 29.2 Å². The molecule has 1 fully saturated rings. The van der Waals surface area contributed by atoms with E-state index < -0.39 is 0 Å². The number of fused-ring (bicyclic) bond motifs is 1. The van der Waals surface area contributed by atoms with Crippen molar-refractivity contribution in [2.45, 2.75) is 12.8 Å². The minimum absolute atomic E-state index is 0.660. The number of ether oxygens (including phenoxy) is 2. The molecule has 104 valence electrons. The minimum atomic E-state index is 0.660. The van der Waals surface area contributed by atoms with Crippen molar-refractivity contribution < 1.29 is 9.47 Å². The molecule has 0 bridgehead atoms. The Hall–Kier alpha value is -0.870. The molecule has 1 atom stereocenters. The maximum Gasteiger partial charge on any atom is 0.161 e. The van der Waals surface area contributed by atoms with Gasteiger partial charge in [0.05, 0.1) is 0 Å². The molecule has 0 aliphatic carbocycles. The molecule has 0 amide bonds. The Morgan fingerprint density at radius 3 is 2.95 bits per heavy atom. The van der Waals surface area contributed by atoms with Crippen LogP contribution in [0.1, 0.15) is 12.0 Å². The second kappa shape index (κ2) is 6.53. The van der Waals surface area contributed by atoms with Crippen LogP contribution in [0, 0.1) is 5.92 Å². The van der Waals surface area contributed by atoms with Crippen molar-refractivity contribution in [3.8, 4) is 11.5 Å². The van der Waals surface area contributed by atoms with E-state index in [-0.39, 0.29) is 0 Å². The molecule has 19 heavy (non-hydrogen) atoms. The number of hydrogen-bond donors (Lipinski definition) is 1. The van der Waals surface area contributed by atoms with Gasteiger partial charge in [-0.25, -0.2) is 0 Å². The van der Waals surface area contributed by atoms with Gasteiger partial charge in [0.25, 0.3) is 0 Å². The monoisotopic (exact) mass is 279 g/mol. The van der Waals surface area contributed by atoms with Gasteiger partial charge in [0, 0.05) is 0 Å². The lowest BCUT2D eigenvalue weighted by atomic mass is 10.1. The van der Waals surface area contributed by atoms with E-state index in [1.807, 2.05) is 6.07 Å². The predicted octanol–water partition coefficient (Wildman–Crippen LogP) is 2.34. The molecule has 0 spiro atoms. The maximum atomic E-state index is 5.60. The molecule has 0 saturated carbocycles. The number of rotatable bonds is 5. The molecule has 0 aromatic heterocycles. The second-order valence-electron chi connectivity index (χ2n) is 5.16. The van der Waals surface area contributed by atoms with Crippen molar-refractivity contribution in [3.05, 3.63) is 23.8 Å². The van der Waals surface area contributed by atoms with Gasteiger partial charge in [-0.2, -0.15) is 11.8 Å². The summed E-state index contributed by atoms with van der Waals surface area (Å²) in [4.78, 5) is 0. The second-order valence-corrected chi connectivity index (χ2v) is 6.31. The van der Waals surface area contributed by atoms with Crippen molar-refractivity contribution in [2.24, 2.45) is 5.92 Å². The SMILES string of the molecule is c1cc2c(cc1CCNCC1CCSC1)OCCO2. The van der Waals surface area contributed by atoms with E-state index in [0.717, 1.165) is 36.9 Å². The van der Waals surface area contributed by atoms with Crippen LogP contribution < -0.4 is 14.8 Å². The van der Waals surface area contributed by atoms with Crippen molar-refractivity contribution in [3.63, 3.8) is 0 Å². The van der Waals surface area contributed by atoms with Crippen LogP contribution in [0.3, 0.4) is 0 Å². The summed E-state index contributed by atoms with van der Waals surface area (Å²) in [5, 5.41) is 3.57. The third kappa shape index (κ3) is 3.57. The molecule has 1 saturated heterocycles. The molecule has 3 rings (SSSR count). The van der Waals surface area contributed by atoms with Gasteiger partial charge in [0.1, 0.15) is 13.2 Å². The summed E-state index contributed by atoms with van der Waals surface area (Å²) in [7, 11) is 0. The van der Waals surface area contributed by atoms with Crippen LogP contribution in [-0.2, 0) is 6.42 Å². The smallest absolute Gasteiger partial charge is 0.161 e. The molecule has 2 heterocycles. The molecular formula is C15H21NO2S. The number of nitrogens with one attached hydrogen (secondary N) is 1. The van der Waals surface area contributed by atoms with Gasteiger partial charge < -0.3 is 14.8 Å².